The van der Waals surface area contributed by atoms with Crippen molar-refractivity contribution in [3.05, 3.63) is 89.3 Å². The maximum atomic E-state index is 13.1. The van der Waals surface area contributed by atoms with Crippen molar-refractivity contribution in [2.24, 2.45) is 0 Å². The van der Waals surface area contributed by atoms with Crippen LogP contribution in [0.5, 0.6) is 0 Å². The number of rotatable bonds is 6. The molecule has 5 nitrogen and oxygen atoms in total. The molecule has 4 rings (SSSR count). The maximum absolute atomic E-state index is 13.1. The normalized spacial score (nSPS) is 10.9. The van der Waals surface area contributed by atoms with Crippen LogP contribution in [-0.4, -0.2) is 27.6 Å². The van der Waals surface area contributed by atoms with Gasteiger partial charge in [0.15, 0.2) is 0 Å². The lowest BCUT2D eigenvalue weighted by atomic mass is 10.2. The fourth-order valence-corrected chi connectivity index (χ4v) is 3.66. The number of thiophene rings is 1. The first kappa shape index (κ1) is 17.3. The molecule has 3 heterocycles. The van der Waals surface area contributed by atoms with E-state index in [1.807, 2.05) is 58.7 Å². The molecular formula is C21H19N3O2S. The molecule has 6 heteroatoms. The van der Waals surface area contributed by atoms with Gasteiger partial charge in [-0.2, -0.15) is 5.10 Å². The molecule has 0 aliphatic carbocycles. The van der Waals surface area contributed by atoms with Gasteiger partial charge in [0.25, 0.3) is 5.91 Å². The van der Waals surface area contributed by atoms with Crippen LogP contribution < -0.4 is 0 Å². The number of amides is 1. The van der Waals surface area contributed by atoms with Gasteiger partial charge < -0.3 is 9.32 Å². The van der Waals surface area contributed by atoms with E-state index in [4.69, 9.17) is 9.52 Å². The fourth-order valence-electron chi connectivity index (χ4n) is 2.94. The topological polar surface area (TPSA) is 51.3 Å². The molecular weight excluding hydrogens is 358 g/mol. The van der Waals surface area contributed by atoms with Gasteiger partial charge in [0.05, 0.1) is 29.8 Å². The van der Waals surface area contributed by atoms with Crippen LogP contribution in [0.25, 0.3) is 10.6 Å². The van der Waals surface area contributed by atoms with Crippen molar-refractivity contribution in [1.29, 1.82) is 0 Å². The second kappa shape index (κ2) is 7.63. The third kappa shape index (κ3) is 3.85. The van der Waals surface area contributed by atoms with Gasteiger partial charge >= 0.3 is 0 Å². The lowest BCUT2D eigenvalue weighted by Gasteiger charge is -2.15. The summed E-state index contributed by atoms with van der Waals surface area (Å²) in [4.78, 5) is 15.7. The summed E-state index contributed by atoms with van der Waals surface area (Å²) in [5.41, 5.74) is 2.46. The third-order valence-corrected chi connectivity index (χ3v) is 5.13. The molecule has 0 atom stereocenters. The van der Waals surface area contributed by atoms with E-state index < -0.39 is 0 Å². The molecule has 0 N–H and O–H groups in total. The third-order valence-electron chi connectivity index (χ3n) is 4.25. The summed E-state index contributed by atoms with van der Waals surface area (Å²) in [5.74, 6) is 0.675. The monoisotopic (exact) mass is 377 g/mol. The molecule has 0 fully saturated rings. The number of carbonyl (C=O) groups excluding carboxylic acids is 1. The first-order chi connectivity index (χ1) is 13.2. The highest BCUT2D eigenvalue weighted by molar-refractivity contribution is 7.13. The fraction of sp³-hybridized carbons (Fsp3) is 0.143. The molecule has 1 aromatic carbocycles. The molecule has 1 amide bonds. The van der Waals surface area contributed by atoms with Gasteiger partial charge in [-0.15, -0.1) is 11.3 Å². The molecule has 0 aliphatic rings. The molecule has 0 spiro atoms. The maximum Gasteiger partial charge on any atom is 0.257 e. The average molecular weight is 377 g/mol. The summed E-state index contributed by atoms with van der Waals surface area (Å²) < 4.78 is 7.20. The Morgan fingerprint density at radius 2 is 2.00 bits per heavy atom. The SMILES string of the molecule is CN(Cc1ccco1)C(=O)c1cn(Cc2ccccc2)nc1-c1cccs1. The molecule has 3 aromatic heterocycles. The van der Waals surface area contributed by atoms with E-state index in [1.54, 1.807) is 29.5 Å². The first-order valence-electron chi connectivity index (χ1n) is 8.64. The molecule has 0 radical (unpaired) electrons. The van der Waals surface area contributed by atoms with Crippen molar-refractivity contribution in [3.8, 4) is 10.6 Å². The van der Waals surface area contributed by atoms with E-state index in [9.17, 15) is 4.79 Å². The number of benzene rings is 1. The predicted octanol–water partition coefficient (Wildman–Crippen LogP) is 4.53. The quantitative estimate of drug-likeness (QED) is 0.496. The van der Waals surface area contributed by atoms with Crippen LogP contribution in [0.15, 0.2) is 76.9 Å². The van der Waals surface area contributed by atoms with E-state index in [1.165, 1.54) is 0 Å². The second-order valence-electron chi connectivity index (χ2n) is 6.29. The molecule has 136 valence electrons. The second-order valence-corrected chi connectivity index (χ2v) is 7.24. The van der Waals surface area contributed by atoms with Crippen molar-refractivity contribution in [2.75, 3.05) is 7.05 Å². The van der Waals surface area contributed by atoms with Crippen molar-refractivity contribution in [1.82, 2.24) is 14.7 Å². The smallest absolute Gasteiger partial charge is 0.257 e. The minimum absolute atomic E-state index is 0.0749. The lowest BCUT2D eigenvalue weighted by molar-refractivity contribution is 0.0776. The van der Waals surface area contributed by atoms with Crippen LogP contribution in [0.3, 0.4) is 0 Å². The Morgan fingerprint density at radius 3 is 2.70 bits per heavy atom. The Balaban J connectivity index is 1.64. The van der Waals surface area contributed by atoms with Crippen LogP contribution in [0, 0.1) is 0 Å². The van der Waals surface area contributed by atoms with E-state index in [2.05, 4.69) is 12.1 Å². The van der Waals surface area contributed by atoms with Gasteiger partial charge in [0, 0.05) is 13.2 Å². The van der Waals surface area contributed by atoms with E-state index in [-0.39, 0.29) is 5.91 Å². The molecule has 0 saturated heterocycles. The van der Waals surface area contributed by atoms with Gasteiger partial charge in [-0.25, -0.2) is 0 Å². The first-order valence-corrected chi connectivity index (χ1v) is 9.52. The van der Waals surface area contributed by atoms with Gasteiger partial charge in [0.2, 0.25) is 0 Å². The molecule has 0 unspecified atom stereocenters. The molecule has 0 bridgehead atoms. The van der Waals surface area contributed by atoms with Gasteiger partial charge in [-0.1, -0.05) is 36.4 Å². The van der Waals surface area contributed by atoms with Crippen molar-refractivity contribution < 1.29 is 9.21 Å². The Hall–Kier alpha value is -3.12. The average Bonchev–Trinajstić information content (AvgIpc) is 3.43. The number of hydrogen-bond donors (Lipinski definition) is 0. The molecule has 4 aromatic rings. The van der Waals surface area contributed by atoms with Crippen LogP contribution in [0.2, 0.25) is 0 Å². The minimum Gasteiger partial charge on any atom is -0.467 e. The largest absolute Gasteiger partial charge is 0.467 e. The van der Waals surface area contributed by atoms with Gasteiger partial charge in [0.1, 0.15) is 11.5 Å². The summed E-state index contributed by atoms with van der Waals surface area (Å²) in [6, 6.07) is 17.7. The highest BCUT2D eigenvalue weighted by Crippen LogP contribution is 2.28. The highest BCUT2D eigenvalue weighted by atomic mass is 32.1. The number of aromatic nitrogens is 2. The Kier molecular flexibility index (Phi) is 4.89. The number of furan rings is 1. The van der Waals surface area contributed by atoms with E-state index >= 15 is 0 Å². The summed E-state index contributed by atoms with van der Waals surface area (Å²) in [5, 5.41) is 6.70. The Bertz CT molecular complexity index is 1010. The van der Waals surface area contributed by atoms with Gasteiger partial charge in [-0.05, 0) is 29.1 Å². The Morgan fingerprint density at radius 1 is 1.15 bits per heavy atom. The summed E-state index contributed by atoms with van der Waals surface area (Å²) in [7, 11) is 1.78. The predicted molar refractivity (Wildman–Crippen MR) is 106 cm³/mol. The van der Waals surface area contributed by atoms with Crippen LogP contribution in [0.4, 0.5) is 0 Å². The summed E-state index contributed by atoms with van der Waals surface area (Å²) >= 11 is 1.58. The van der Waals surface area contributed by atoms with Crippen LogP contribution in [0.1, 0.15) is 21.7 Å². The molecule has 0 aliphatic heterocycles. The Labute approximate surface area is 161 Å². The number of nitrogens with zero attached hydrogens (tertiary/aromatic N) is 3. The van der Waals surface area contributed by atoms with Crippen molar-refractivity contribution in [3.63, 3.8) is 0 Å². The van der Waals surface area contributed by atoms with Gasteiger partial charge in [-0.3, -0.25) is 9.48 Å². The number of carbonyl (C=O) groups is 1. The summed E-state index contributed by atoms with van der Waals surface area (Å²) in [6.45, 7) is 1.04. The highest BCUT2D eigenvalue weighted by Gasteiger charge is 2.22. The lowest BCUT2D eigenvalue weighted by Crippen LogP contribution is -2.26. The number of hydrogen-bond acceptors (Lipinski definition) is 4. The van der Waals surface area contributed by atoms with Crippen LogP contribution in [-0.2, 0) is 13.1 Å². The van der Waals surface area contributed by atoms with E-state index in [0.717, 1.165) is 21.9 Å². The summed E-state index contributed by atoms with van der Waals surface area (Å²) in [6.07, 6.45) is 3.45. The minimum atomic E-state index is -0.0749. The zero-order valence-corrected chi connectivity index (χ0v) is 15.7. The van der Waals surface area contributed by atoms with Crippen molar-refractivity contribution in [2.45, 2.75) is 13.1 Å². The zero-order valence-electron chi connectivity index (χ0n) is 14.9. The molecule has 0 saturated carbocycles. The van der Waals surface area contributed by atoms with Crippen molar-refractivity contribution >= 4 is 17.2 Å². The zero-order chi connectivity index (χ0) is 18.6. The van der Waals surface area contributed by atoms with Crippen LogP contribution >= 0.6 is 11.3 Å². The van der Waals surface area contributed by atoms with E-state index in [0.29, 0.717) is 18.7 Å². The molecule has 27 heavy (non-hydrogen) atoms. The standard InChI is InChI=1S/C21H19N3O2S/c1-23(14-17-9-5-11-26-17)21(25)18-15-24(13-16-7-3-2-4-8-16)22-20(18)19-10-6-12-27-19/h2-12,15H,13-14H2,1H3.